The lowest BCUT2D eigenvalue weighted by molar-refractivity contribution is -0.122. The van der Waals surface area contributed by atoms with Crippen molar-refractivity contribution >= 4 is 22.4 Å². The van der Waals surface area contributed by atoms with E-state index < -0.39 is 6.10 Å². The second-order valence-electron chi connectivity index (χ2n) is 6.28. The van der Waals surface area contributed by atoms with Gasteiger partial charge in [0.05, 0.1) is 0 Å². The molecule has 0 aliphatic rings. The Hall–Kier alpha value is -2.81. The van der Waals surface area contributed by atoms with Crippen molar-refractivity contribution in [1.82, 2.24) is 0 Å². The summed E-state index contributed by atoms with van der Waals surface area (Å²) in [5.74, 6) is 0.597. The van der Waals surface area contributed by atoms with Crippen LogP contribution in [-0.2, 0) is 4.79 Å². The van der Waals surface area contributed by atoms with E-state index in [4.69, 9.17) is 4.74 Å². The van der Waals surface area contributed by atoms with Crippen LogP contribution in [0.2, 0.25) is 0 Å². The van der Waals surface area contributed by atoms with E-state index in [2.05, 4.69) is 12.2 Å². The van der Waals surface area contributed by atoms with E-state index in [-0.39, 0.29) is 5.91 Å². The summed E-state index contributed by atoms with van der Waals surface area (Å²) in [7, 11) is 0. The fourth-order valence-corrected chi connectivity index (χ4v) is 2.82. The second-order valence-corrected chi connectivity index (χ2v) is 6.28. The topological polar surface area (TPSA) is 38.3 Å². The molecule has 1 atom stereocenters. The van der Waals surface area contributed by atoms with Gasteiger partial charge < -0.3 is 10.1 Å². The van der Waals surface area contributed by atoms with Crippen molar-refractivity contribution in [1.29, 1.82) is 0 Å². The predicted octanol–water partition coefficient (Wildman–Crippen LogP) is 5.25. The molecule has 0 saturated carbocycles. The van der Waals surface area contributed by atoms with Gasteiger partial charge in [-0.25, -0.2) is 0 Å². The summed E-state index contributed by atoms with van der Waals surface area (Å²) in [6.45, 7) is 6.05. The largest absolute Gasteiger partial charge is 0.481 e. The number of rotatable bonds is 5. The zero-order valence-corrected chi connectivity index (χ0v) is 14.9. The van der Waals surface area contributed by atoms with Gasteiger partial charge in [-0.3, -0.25) is 4.79 Å². The Morgan fingerprint density at radius 2 is 1.76 bits per heavy atom. The fourth-order valence-electron chi connectivity index (χ4n) is 2.82. The van der Waals surface area contributed by atoms with E-state index in [1.54, 1.807) is 0 Å². The van der Waals surface area contributed by atoms with Crippen LogP contribution < -0.4 is 10.1 Å². The Bertz CT molecular complexity index is 896. The molecule has 0 aliphatic carbocycles. The molecule has 1 unspecified atom stereocenters. The molecular weight excluding hydrogens is 310 g/mol. The van der Waals surface area contributed by atoms with Crippen LogP contribution in [0.25, 0.3) is 10.8 Å². The molecule has 1 N–H and O–H groups in total. The van der Waals surface area contributed by atoms with Gasteiger partial charge in [-0.15, -0.1) is 0 Å². The number of nitrogens with one attached hydrogen (secondary N) is 1. The Morgan fingerprint density at radius 1 is 1.00 bits per heavy atom. The van der Waals surface area contributed by atoms with Gasteiger partial charge in [0.1, 0.15) is 5.75 Å². The summed E-state index contributed by atoms with van der Waals surface area (Å²) < 4.78 is 5.93. The molecule has 128 valence electrons. The number of anilines is 1. The van der Waals surface area contributed by atoms with Crippen molar-refractivity contribution in [2.75, 3.05) is 5.32 Å². The predicted molar refractivity (Wildman–Crippen MR) is 103 cm³/mol. The molecule has 3 nitrogen and oxygen atoms in total. The Kier molecular flexibility index (Phi) is 5.03. The van der Waals surface area contributed by atoms with Crippen LogP contribution >= 0.6 is 0 Å². The van der Waals surface area contributed by atoms with Gasteiger partial charge in [-0.2, -0.15) is 0 Å². The summed E-state index contributed by atoms with van der Waals surface area (Å²) in [5, 5.41) is 5.15. The second kappa shape index (κ2) is 7.39. The van der Waals surface area contributed by atoms with Gasteiger partial charge >= 0.3 is 0 Å². The molecule has 25 heavy (non-hydrogen) atoms. The molecule has 1 amide bonds. The van der Waals surface area contributed by atoms with Gasteiger partial charge in [0.25, 0.3) is 5.91 Å². The quantitative estimate of drug-likeness (QED) is 0.692. The van der Waals surface area contributed by atoms with Crippen molar-refractivity contribution in [3.63, 3.8) is 0 Å². The molecule has 0 fully saturated rings. The lowest BCUT2D eigenvalue weighted by Crippen LogP contribution is -2.32. The zero-order valence-electron chi connectivity index (χ0n) is 14.9. The molecule has 0 spiro atoms. The number of aryl methyl sites for hydroxylation is 2. The van der Waals surface area contributed by atoms with Crippen molar-refractivity contribution < 1.29 is 9.53 Å². The summed E-state index contributed by atoms with van der Waals surface area (Å²) in [6.07, 6.45) is 0.0739. The minimum atomic E-state index is -0.527. The summed E-state index contributed by atoms with van der Waals surface area (Å²) >= 11 is 0. The van der Waals surface area contributed by atoms with Crippen molar-refractivity contribution in [3.8, 4) is 5.75 Å². The first-order chi connectivity index (χ1) is 12.1. The van der Waals surface area contributed by atoms with Crippen LogP contribution in [-0.4, -0.2) is 12.0 Å². The first-order valence-electron chi connectivity index (χ1n) is 8.61. The Labute approximate surface area is 148 Å². The Morgan fingerprint density at radius 3 is 2.52 bits per heavy atom. The van der Waals surface area contributed by atoms with E-state index in [1.807, 2.05) is 74.5 Å². The summed E-state index contributed by atoms with van der Waals surface area (Å²) in [4.78, 5) is 12.7. The van der Waals surface area contributed by atoms with Crippen molar-refractivity contribution in [3.05, 3.63) is 71.8 Å². The van der Waals surface area contributed by atoms with Crippen LogP contribution in [0.5, 0.6) is 5.75 Å². The smallest absolute Gasteiger partial charge is 0.265 e. The van der Waals surface area contributed by atoms with Crippen LogP contribution in [0.1, 0.15) is 24.5 Å². The molecule has 3 heteroatoms. The van der Waals surface area contributed by atoms with Gasteiger partial charge in [0, 0.05) is 11.1 Å². The van der Waals surface area contributed by atoms with Crippen LogP contribution in [0.3, 0.4) is 0 Å². The van der Waals surface area contributed by atoms with E-state index >= 15 is 0 Å². The monoisotopic (exact) mass is 333 g/mol. The number of amides is 1. The standard InChI is InChI=1S/C22H23NO2/c1-4-21(25-18-13-12-15(2)16(3)14-18)22(24)23-20-11-7-9-17-8-5-6-10-19(17)20/h5-14,21H,4H2,1-3H3,(H,23,24). The number of benzene rings is 3. The summed E-state index contributed by atoms with van der Waals surface area (Å²) in [5.41, 5.74) is 3.17. The highest BCUT2D eigenvalue weighted by Crippen LogP contribution is 2.24. The van der Waals surface area contributed by atoms with Gasteiger partial charge in [0.2, 0.25) is 0 Å². The first-order valence-corrected chi connectivity index (χ1v) is 8.61. The van der Waals surface area contributed by atoms with Crippen molar-refractivity contribution in [2.45, 2.75) is 33.3 Å². The van der Waals surface area contributed by atoms with Gasteiger partial charge in [0.15, 0.2) is 6.10 Å². The Balaban J connectivity index is 1.79. The van der Waals surface area contributed by atoms with E-state index in [9.17, 15) is 4.79 Å². The average Bonchev–Trinajstić information content (AvgIpc) is 2.63. The minimum Gasteiger partial charge on any atom is -0.481 e. The number of hydrogen-bond donors (Lipinski definition) is 1. The maximum absolute atomic E-state index is 12.7. The molecule has 0 bridgehead atoms. The molecule has 0 radical (unpaired) electrons. The number of ether oxygens (including phenoxy) is 1. The van der Waals surface area contributed by atoms with E-state index in [0.717, 1.165) is 27.8 Å². The lowest BCUT2D eigenvalue weighted by Gasteiger charge is -2.18. The van der Waals surface area contributed by atoms with Crippen molar-refractivity contribution in [2.24, 2.45) is 0 Å². The number of hydrogen-bond acceptors (Lipinski definition) is 2. The minimum absolute atomic E-state index is 0.128. The maximum atomic E-state index is 12.7. The van der Waals surface area contributed by atoms with Crippen LogP contribution in [0.4, 0.5) is 5.69 Å². The maximum Gasteiger partial charge on any atom is 0.265 e. The molecule has 3 aromatic rings. The number of fused-ring (bicyclic) bond motifs is 1. The average molecular weight is 333 g/mol. The van der Waals surface area contributed by atoms with E-state index in [1.165, 1.54) is 5.56 Å². The van der Waals surface area contributed by atoms with Crippen LogP contribution in [0, 0.1) is 13.8 Å². The third-order valence-electron chi connectivity index (χ3n) is 4.47. The third-order valence-corrected chi connectivity index (χ3v) is 4.47. The lowest BCUT2D eigenvalue weighted by atomic mass is 10.1. The van der Waals surface area contributed by atoms with E-state index in [0.29, 0.717) is 6.42 Å². The molecule has 3 rings (SSSR count). The molecule has 0 saturated heterocycles. The molecule has 0 heterocycles. The first kappa shape index (κ1) is 17.0. The van der Waals surface area contributed by atoms with Crippen LogP contribution in [0.15, 0.2) is 60.7 Å². The highest BCUT2D eigenvalue weighted by Gasteiger charge is 2.19. The number of carbonyl (C=O) groups is 1. The fraction of sp³-hybridized carbons (Fsp3) is 0.227. The number of carbonyl (C=O) groups excluding carboxylic acids is 1. The summed E-state index contributed by atoms with van der Waals surface area (Å²) in [6, 6.07) is 19.8. The highest BCUT2D eigenvalue weighted by atomic mass is 16.5. The molecule has 0 aliphatic heterocycles. The zero-order chi connectivity index (χ0) is 17.8. The molecule has 0 aromatic heterocycles. The molecular formula is C22H23NO2. The SMILES string of the molecule is CCC(Oc1ccc(C)c(C)c1)C(=O)Nc1cccc2ccccc12. The molecule has 3 aromatic carbocycles. The van der Waals surface area contributed by atoms with Gasteiger partial charge in [-0.1, -0.05) is 49.4 Å². The highest BCUT2D eigenvalue weighted by molar-refractivity contribution is 6.03. The normalized spacial score (nSPS) is 12.0. The van der Waals surface area contributed by atoms with Gasteiger partial charge in [-0.05, 0) is 55.0 Å². The third kappa shape index (κ3) is 3.82.